The molecular formula is C32H38N+. The van der Waals surface area contributed by atoms with Crippen LogP contribution in [0.25, 0.3) is 5.57 Å². The third kappa shape index (κ3) is 3.01. The van der Waals surface area contributed by atoms with Crippen LogP contribution in [0.3, 0.4) is 0 Å². The van der Waals surface area contributed by atoms with E-state index in [1.807, 2.05) is 0 Å². The molecule has 0 saturated carbocycles. The van der Waals surface area contributed by atoms with Gasteiger partial charge in [-0.2, -0.15) is 0 Å². The third-order valence-electron chi connectivity index (χ3n) is 8.56. The lowest BCUT2D eigenvalue weighted by Gasteiger charge is -2.58. The summed E-state index contributed by atoms with van der Waals surface area (Å²) in [6, 6.07) is 4.53. The van der Waals surface area contributed by atoms with E-state index in [-0.39, 0.29) is 21.7 Å². The Hall–Kier alpha value is -2.67. The molecule has 0 saturated heterocycles. The highest BCUT2D eigenvalue weighted by Crippen LogP contribution is 2.68. The molecule has 0 bridgehead atoms. The Balaban J connectivity index is 1.89. The van der Waals surface area contributed by atoms with Gasteiger partial charge in [0.15, 0.2) is 12.4 Å². The van der Waals surface area contributed by atoms with Gasteiger partial charge < -0.3 is 0 Å². The lowest BCUT2D eigenvalue weighted by Crippen LogP contribution is -2.48. The number of nitrogens with zero attached hydrogens (tertiary/aromatic N) is 1. The topological polar surface area (TPSA) is 3.88 Å². The monoisotopic (exact) mass is 436 g/mol. The summed E-state index contributed by atoms with van der Waals surface area (Å²) in [7, 11) is 2.08. The number of hydrogen-bond acceptors (Lipinski definition) is 0. The smallest absolute Gasteiger partial charge is 0.169 e. The third-order valence-corrected chi connectivity index (χ3v) is 8.56. The zero-order chi connectivity index (χ0) is 24.0. The maximum Gasteiger partial charge on any atom is 0.169 e. The molecule has 0 aliphatic heterocycles. The summed E-state index contributed by atoms with van der Waals surface area (Å²) < 4.78 is 2.11. The molecule has 1 heteroatoms. The van der Waals surface area contributed by atoms with Gasteiger partial charge in [-0.15, -0.1) is 0 Å². The van der Waals surface area contributed by atoms with Crippen LogP contribution < -0.4 is 4.57 Å². The quantitative estimate of drug-likeness (QED) is 0.399. The van der Waals surface area contributed by atoms with E-state index in [1.54, 1.807) is 0 Å². The maximum absolute atomic E-state index is 2.50. The second kappa shape index (κ2) is 6.69. The highest BCUT2D eigenvalue weighted by atomic mass is 14.9. The minimum absolute atomic E-state index is 0.0828. The molecule has 1 aromatic heterocycles. The molecule has 0 aromatic carbocycles. The van der Waals surface area contributed by atoms with Gasteiger partial charge in [-0.05, 0) is 61.5 Å². The first kappa shape index (κ1) is 22.1. The standard InChI is InChI=1S/C32H38N/c1-29(2,3)24-16-22-10-11-23-17-25(30(4,5)6)20-28-27(21-12-14-33(9)15-13-21)19-26(18-24)31(22,7)32(23,28)8/h10-20H,1-9H3/q+1/t31?,32-/m0/s1. The van der Waals surface area contributed by atoms with Crippen molar-refractivity contribution < 1.29 is 4.57 Å². The van der Waals surface area contributed by atoms with Crippen molar-refractivity contribution in [3.05, 3.63) is 106 Å². The largest absolute Gasteiger partial charge is 0.208 e. The highest BCUT2D eigenvalue weighted by Gasteiger charge is 2.57. The van der Waals surface area contributed by atoms with Gasteiger partial charge in [0.05, 0.1) is 0 Å². The zero-order valence-electron chi connectivity index (χ0n) is 21.8. The average molecular weight is 437 g/mol. The number of pyridine rings is 1. The molecule has 0 radical (unpaired) electrons. The van der Waals surface area contributed by atoms with Gasteiger partial charge in [0.2, 0.25) is 0 Å². The second-order valence-corrected chi connectivity index (χ2v) is 12.7. The van der Waals surface area contributed by atoms with Gasteiger partial charge in [-0.25, -0.2) is 4.57 Å². The number of aromatic nitrogens is 1. The number of allylic oxidation sites excluding steroid dienone is 14. The Bertz CT molecular complexity index is 1270. The van der Waals surface area contributed by atoms with Crippen LogP contribution in [-0.4, -0.2) is 0 Å². The van der Waals surface area contributed by atoms with E-state index >= 15 is 0 Å². The second-order valence-electron chi connectivity index (χ2n) is 12.7. The summed E-state index contributed by atoms with van der Waals surface area (Å²) in [5.41, 5.74) is 11.2. The summed E-state index contributed by atoms with van der Waals surface area (Å²) in [6.07, 6.45) is 21.5. The van der Waals surface area contributed by atoms with Crippen molar-refractivity contribution in [2.75, 3.05) is 0 Å². The zero-order valence-corrected chi connectivity index (χ0v) is 21.8. The van der Waals surface area contributed by atoms with E-state index in [1.165, 1.54) is 44.6 Å². The van der Waals surface area contributed by atoms with Crippen LogP contribution in [0.5, 0.6) is 0 Å². The van der Waals surface area contributed by atoms with Crippen molar-refractivity contribution in [3.63, 3.8) is 0 Å². The molecule has 0 spiro atoms. The van der Waals surface area contributed by atoms with Crippen LogP contribution in [0.2, 0.25) is 0 Å². The van der Waals surface area contributed by atoms with E-state index in [2.05, 4.69) is 134 Å². The van der Waals surface area contributed by atoms with Crippen molar-refractivity contribution in [1.82, 2.24) is 0 Å². The van der Waals surface area contributed by atoms with Crippen LogP contribution in [0.1, 0.15) is 61.0 Å². The van der Waals surface area contributed by atoms with Crippen LogP contribution in [0, 0.1) is 21.7 Å². The number of hydrogen-bond donors (Lipinski definition) is 0. The molecule has 5 rings (SSSR count). The fourth-order valence-corrected chi connectivity index (χ4v) is 5.94. The van der Waals surface area contributed by atoms with Gasteiger partial charge in [-0.1, -0.05) is 91.8 Å². The molecular weight excluding hydrogens is 398 g/mol. The van der Waals surface area contributed by atoms with E-state index in [9.17, 15) is 0 Å². The lowest BCUT2D eigenvalue weighted by atomic mass is 9.44. The Morgan fingerprint density at radius 2 is 1.15 bits per heavy atom. The number of rotatable bonds is 1. The molecule has 2 atom stereocenters. The first-order valence-electron chi connectivity index (χ1n) is 12.3. The van der Waals surface area contributed by atoms with Gasteiger partial charge in [0.25, 0.3) is 0 Å². The molecule has 1 nitrogen and oxygen atoms in total. The van der Waals surface area contributed by atoms with Crippen molar-refractivity contribution in [1.29, 1.82) is 0 Å². The summed E-state index contributed by atoms with van der Waals surface area (Å²) in [5, 5.41) is 0. The molecule has 1 unspecified atom stereocenters. The Kier molecular flexibility index (Phi) is 4.49. The summed E-state index contributed by atoms with van der Waals surface area (Å²) in [5.74, 6) is 0. The fraction of sp³-hybridized carbons (Fsp3) is 0.406. The van der Waals surface area contributed by atoms with Crippen molar-refractivity contribution in [2.45, 2.75) is 55.4 Å². The maximum atomic E-state index is 2.50. The predicted octanol–water partition coefficient (Wildman–Crippen LogP) is 7.61. The first-order valence-corrected chi connectivity index (χ1v) is 12.3. The van der Waals surface area contributed by atoms with Crippen LogP contribution in [0.15, 0.2) is 100 Å². The van der Waals surface area contributed by atoms with Crippen molar-refractivity contribution >= 4 is 5.57 Å². The Morgan fingerprint density at radius 3 is 1.70 bits per heavy atom. The number of aryl methyl sites for hydroxylation is 1. The molecule has 1 aromatic rings. The van der Waals surface area contributed by atoms with Crippen molar-refractivity contribution in [3.8, 4) is 0 Å². The Morgan fingerprint density at radius 1 is 0.636 bits per heavy atom. The molecule has 0 N–H and O–H groups in total. The van der Waals surface area contributed by atoms with E-state index < -0.39 is 0 Å². The van der Waals surface area contributed by atoms with E-state index in [0.717, 1.165) is 0 Å². The predicted molar refractivity (Wildman–Crippen MR) is 139 cm³/mol. The molecule has 0 fully saturated rings. The molecule has 0 amide bonds. The highest BCUT2D eigenvalue weighted by molar-refractivity contribution is 5.87. The fourth-order valence-electron chi connectivity index (χ4n) is 5.94. The van der Waals surface area contributed by atoms with Crippen LogP contribution in [0.4, 0.5) is 0 Å². The normalized spacial score (nSPS) is 28.5. The van der Waals surface area contributed by atoms with Crippen molar-refractivity contribution in [2.24, 2.45) is 28.7 Å². The van der Waals surface area contributed by atoms with E-state index in [0.29, 0.717) is 0 Å². The molecule has 4 aliphatic carbocycles. The molecule has 1 heterocycles. The SMILES string of the molecule is C[n+]1ccc(C2=C3C=C(C(C)(C)C)C=C4C=CC5=CC(C(C)(C)C)=CC(=C2)C5(C)[C@@]43C)cc1. The summed E-state index contributed by atoms with van der Waals surface area (Å²) >= 11 is 0. The summed E-state index contributed by atoms with van der Waals surface area (Å²) in [6.45, 7) is 18.9. The van der Waals surface area contributed by atoms with Gasteiger partial charge in [-0.3, -0.25) is 0 Å². The minimum atomic E-state index is -0.111. The lowest BCUT2D eigenvalue weighted by molar-refractivity contribution is -0.671. The molecule has 4 aliphatic rings. The van der Waals surface area contributed by atoms with E-state index in [4.69, 9.17) is 0 Å². The van der Waals surface area contributed by atoms with Gasteiger partial charge in [0, 0.05) is 23.0 Å². The van der Waals surface area contributed by atoms with Crippen LogP contribution in [-0.2, 0) is 7.05 Å². The van der Waals surface area contributed by atoms with Crippen LogP contribution >= 0.6 is 0 Å². The minimum Gasteiger partial charge on any atom is -0.208 e. The summed E-state index contributed by atoms with van der Waals surface area (Å²) in [4.78, 5) is 0. The molecule has 33 heavy (non-hydrogen) atoms. The molecule has 170 valence electrons. The average Bonchev–Trinajstić information content (AvgIpc) is 2.71. The first-order chi connectivity index (χ1) is 15.3. The van der Waals surface area contributed by atoms with Gasteiger partial charge in [0.1, 0.15) is 7.05 Å². The van der Waals surface area contributed by atoms with Gasteiger partial charge >= 0.3 is 0 Å². The Labute approximate surface area is 200 Å².